The maximum atomic E-state index is 12.5. The summed E-state index contributed by atoms with van der Waals surface area (Å²) < 4.78 is 5.91. The highest BCUT2D eigenvalue weighted by Gasteiger charge is 2.32. The first-order chi connectivity index (χ1) is 12.6. The van der Waals surface area contributed by atoms with Crippen molar-refractivity contribution in [3.63, 3.8) is 0 Å². The van der Waals surface area contributed by atoms with Crippen molar-refractivity contribution in [1.82, 2.24) is 25.2 Å². The topological polar surface area (TPSA) is 83.1 Å². The molecule has 0 unspecified atom stereocenters. The summed E-state index contributed by atoms with van der Waals surface area (Å²) in [6.07, 6.45) is 3.38. The summed E-state index contributed by atoms with van der Waals surface area (Å²) in [7, 11) is 0. The van der Waals surface area contributed by atoms with Gasteiger partial charge in [0.15, 0.2) is 11.0 Å². The number of amides is 1. The second-order valence-corrected chi connectivity index (χ2v) is 7.60. The Morgan fingerprint density at radius 3 is 3.04 bits per heavy atom. The van der Waals surface area contributed by atoms with Crippen LogP contribution in [-0.2, 0) is 17.7 Å². The number of aryl methyl sites for hydroxylation is 1. The summed E-state index contributed by atoms with van der Waals surface area (Å²) in [4.78, 5) is 27.4. The Kier molecular flexibility index (Phi) is 6.63. The van der Waals surface area contributed by atoms with Gasteiger partial charge in [-0.1, -0.05) is 18.5 Å². The van der Waals surface area contributed by atoms with Crippen LogP contribution in [-0.4, -0.2) is 57.6 Å². The van der Waals surface area contributed by atoms with Crippen molar-refractivity contribution in [2.24, 2.45) is 0 Å². The Balaban J connectivity index is 1.62. The minimum Gasteiger partial charge on any atom is -0.375 e. The molecule has 0 radical (unpaired) electrons. The monoisotopic (exact) mass is 397 g/mol. The molecule has 0 spiro atoms. The molecule has 2 N–H and O–H groups in total. The molecule has 2 aromatic rings. The third-order valence-electron chi connectivity index (χ3n) is 4.50. The Bertz CT molecular complexity index is 721. The maximum absolute atomic E-state index is 12.5. The molecule has 1 fully saturated rings. The number of nitrogens with zero attached hydrogens (tertiary/aromatic N) is 3. The number of thiazole rings is 1. The Morgan fingerprint density at radius 1 is 1.54 bits per heavy atom. The van der Waals surface area contributed by atoms with Crippen molar-refractivity contribution < 1.29 is 9.53 Å². The van der Waals surface area contributed by atoms with Crippen LogP contribution in [0.3, 0.4) is 0 Å². The van der Waals surface area contributed by atoms with E-state index in [1.807, 2.05) is 25.6 Å². The smallest absolute Gasteiger partial charge is 0.287 e. The predicted octanol–water partition coefficient (Wildman–Crippen LogP) is 2.49. The summed E-state index contributed by atoms with van der Waals surface area (Å²) in [5.74, 6) is 0.0198. The van der Waals surface area contributed by atoms with E-state index in [0.29, 0.717) is 18.2 Å². The Hall–Kier alpha value is -1.48. The van der Waals surface area contributed by atoms with Gasteiger partial charge in [0.05, 0.1) is 23.4 Å². The average Bonchev–Trinajstić information content (AvgIpc) is 3.26. The van der Waals surface area contributed by atoms with Crippen molar-refractivity contribution in [3.8, 4) is 0 Å². The number of hydrogen-bond donors (Lipinski definition) is 2. The van der Waals surface area contributed by atoms with Gasteiger partial charge in [0.2, 0.25) is 0 Å². The van der Waals surface area contributed by atoms with Crippen LogP contribution in [0.15, 0.2) is 11.7 Å². The van der Waals surface area contributed by atoms with E-state index in [0.717, 1.165) is 31.7 Å². The lowest BCUT2D eigenvalue weighted by atomic mass is 10.0. The number of piperidine rings is 1. The fourth-order valence-corrected chi connectivity index (χ4v) is 4.08. The molecule has 2 atom stereocenters. The average molecular weight is 398 g/mol. The number of carbonyl (C=O) groups is 1. The molecule has 1 saturated heterocycles. The van der Waals surface area contributed by atoms with E-state index in [1.54, 1.807) is 11.3 Å². The number of rotatable bonds is 7. The number of likely N-dealkylation sites (tertiary alicyclic amines) is 1. The molecular weight excluding hydrogens is 374 g/mol. The van der Waals surface area contributed by atoms with Crippen molar-refractivity contribution >= 4 is 28.8 Å². The van der Waals surface area contributed by atoms with Crippen LogP contribution in [0.4, 0.5) is 0 Å². The number of H-pyrrole nitrogens is 1. The summed E-state index contributed by atoms with van der Waals surface area (Å²) in [6, 6.07) is -0.0471. The number of aromatic nitrogens is 3. The zero-order chi connectivity index (χ0) is 18.5. The SMILES string of the molecule is CCO[C@@H]1CN(Cc2cncs2)CC[C@@H]1NC(=O)c1nc(Cl)c(CC)[nH]1. The molecule has 1 amide bonds. The van der Waals surface area contributed by atoms with Crippen LogP contribution in [0.1, 0.15) is 41.5 Å². The number of nitrogens with one attached hydrogen (secondary N) is 2. The molecule has 0 bridgehead atoms. The minimum atomic E-state index is -0.239. The zero-order valence-corrected chi connectivity index (χ0v) is 16.6. The van der Waals surface area contributed by atoms with E-state index >= 15 is 0 Å². The lowest BCUT2D eigenvalue weighted by Gasteiger charge is -2.38. The van der Waals surface area contributed by atoms with Crippen LogP contribution < -0.4 is 5.32 Å². The van der Waals surface area contributed by atoms with Crippen molar-refractivity contribution in [2.75, 3.05) is 19.7 Å². The fourth-order valence-electron chi connectivity index (χ4n) is 3.18. The molecule has 0 saturated carbocycles. The largest absolute Gasteiger partial charge is 0.375 e. The van der Waals surface area contributed by atoms with Gasteiger partial charge in [-0.3, -0.25) is 14.7 Å². The van der Waals surface area contributed by atoms with E-state index in [1.165, 1.54) is 4.88 Å². The van der Waals surface area contributed by atoms with Crippen LogP contribution in [0.25, 0.3) is 0 Å². The standard InChI is InChI=1S/C17H24ClN5O2S/c1-3-12-15(18)22-16(20-12)17(24)21-13-5-6-23(9-14(13)25-4-2)8-11-7-19-10-26-11/h7,10,13-14H,3-6,8-9H2,1-2H3,(H,20,22)(H,21,24)/t13-,14+/m0/s1. The van der Waals surface area contributed by atoms with E-state index in [4.69, 9.17) is 16.3 Å². The van der Waals surface area contributed by atoms with Gasteiger partial charge in [-0.25, -0.2) is 4.98 Å². The molecule has 1 aliphatic heterocycles. The first-order valence-electron chi connectivity index (χ1n) is 8.87. The zero-order valence-electron chi connectivity index (χ0n) is 15.0. The molecule has 0 aromatic carbocycles. The summed E-state index contributed by atoms with van der Waals surface area (Å²) in [5.41, 5.74) is 2.62. The highest BCUT2D eigenvalue weighted by atomic mass is 35.5. The minimum absolute atomic E-state index is 0.0471. The number of imidazole rings is 1. The second kappa shape index (κ2) is 8.94. The van der Waals surface area contributed by atoms with Crippen molar-refractivity contribution in [1.29, 1.82) is 0 Å². The van der Waals surface area contributed by atoms with Gasteiger partial charge in [0.1, 0.15) is 0 Å². The van der Waals surface area contributed by atoms with Gasteiger partial charge in [-0.2, -0.15) is 0 Å². The van der Waals surface area contributed by atoms with E-state index in [-0.39, 0.29) is 23.9 Å². The Morgan fingerprint density at radius 2 is 2.38 bits per heavy atom. The molecule has 0 aliphatic carbocycles. The summed E-state index contributed by atoms with van der Waals surface area (Å²) in [6.45, 7) is 7.08. The van der Waals surface area contributed by atoms with E-state index < -0.39 is 0 Å². The number of aromatic amines is 1. The van der Waals surface area contributed by atoms with Gasteiger partial charge in [0, 0.05) is 37.3 Å². The highest BCUT2D eigenvalue weighted by molar-refractivity contribution is 7.09. The second-order valence-electron chi connectivity index (χ2n) is 6.27. The molecule has 26 heavy (non-hydrogen) atoms. The lowest BCUT2D eigenvalue weighted by molar-refractivity contribution is -0.0175. The fraction of sp³-hybridized carbons (Fsp3) is 0.588. The number of hydrogen-bond acceptors (Lipinski definition) is 6. The van der Waals surface area contributed by atoms with Gasteiger partial charge in [-0.15, -0.1) is 11.3 Å². The van der Waals surface area contributed by atoms with Crippen LogP contribution in [0.5, 0.6) is 0 Å². The number of carbonyl (C=O) groups excluding carboxylic acids is 1. The third kappa shape index (κ3) is 4.62. The summed E-state index contributed by atoms with van der Waals surface area (Å²) in [5, 5.41) is 3.42. The highest BCUT2D eigenvalue weighted by Crippen LogP contribution is 2.19. The van der Waals surface area contributed by atoms with Crippen molar-refractivity contribution in [2.45, 2.75) is 45.4 Å². The number of halogens is 1. The molecule has 3 heterocycles. The quantitative estimate of drug-likeness (QED) is 0.750. The molecule has 7 nitrogen and oxygen atoms in total. The lowest BCUT2D eigenvalue weighted by Crippen LogP contribution is -2.55. The first kappa shape index (κ1) is 19.3. The summed E-state index contributed by atoms with van der Waals surface area (Å²) >= 11 is 7.70. The molecule has 1 aliphatic rings. The molecule has 142 valence electrons. The van der Waals surface area contributed by atoms with Gasteiger partial charge >= 0.3 is 0 Å². The van der Waals surface area contributed by atoms with Gasteiger partial charge in [-0.05, 0) is 19.8 Å². The van der Waals surface area contributed by atoms with Crippen LogP contribution >= 0.6 is 22.9 Å². The predicted molar refractivity (Wildman–Crippen MR) is 102 cm³/mol. The molecule has 3 rings (SSSR count). The van der Waals surface area contributed by atoms with Crippen LogP contribution in [0, 0.1) is 0 Å². The van der Waals surface area contributed by atoms with Crippen molar-refractivity contribution in [3.05, 3.63) is 33.3 Å². The molecule has 9 heteroatoms. The van der Waals surface area contributed by atoms with E-state index in [9.17, 15) is 4.79 Å². The maximum Gasteiger partial charge on any atom is 0.287 e. The van der Waals surface area contributed by atoms with Gasteiger partial charge in [0.25, 0.3) is 5.91 Å². The van der Waals surface area contributed by atoms with E-state index in [2.05, 4.69) is 25.2 Å². The molecular formula is C17H24ClN5O2S. The Labute approximate surface area is 162 Å². The van der Waals surface area contributed by atoms with Gasteiger partial charge < -0.3 is 15.0 Å². The number of ether oxygens (including phenoxy) is 1. The normalized spacial score (nSPS) is 21.0. The first-order valence-corrected chi connectivity index (χ1v) is 10.1. The third-order valence-corrected chi connectivity index (χ3v) is 5.58. The molecule has 2 aromatic heterocycles. The van der Waals surface area contributed by atoms with Crippen LogP contribution in [0.2, 0.25) is 5.15 Å².